The van der Waals surface area contributed by atoms with Crippen LogP contribution in [-0.4, -0.2) is 60.8 Å². The maximum absolute atomic E-state index is 12.4. The van der Waals surface area contributed by atoms with Crippen molar-refractivity contribution in [3.63, 3.8) is 0 Å². The Bertz CT molecular complexity index is 846. The number of rotatable bonds is 8. The monoisotopic (exact) mass is 411 g/mol. The van der Waals surface area contributed by atoms with Crippen molar-refractivity contribution in [3.8, 4) is 0 Å². The lowest BCUT2D eigenvalue weighted by Crippen LogP contribution is -2.44. The molecule has 7 nitrogen and oxygen atoms in total. The van der Waals surface area contributed by atoms with Crippen molar-refractivity contribution >= 4 is 11.7 Å². The van der Waals surface area contributed by atoms with Gasteiger partial charge in [-0.2, -0.15) is 0 Å². The molecule has 0 radical (unpaired) electrons. The predicted molar refractivity (Wildman–Crippen MR) is 114 cm³/mol. The molecule has 2 aromatic rings. The number of nitrogens with one attached hydrogen (secondary N) is 1. The molecule has 2 unspecified atom stereocenters. The minimum Gasteiger partial charge on any atom is -0.393 e. The van der Waals surface area contributed by atoms with Gasteiger partial charge < -0.3 is 20.9 Å². The van der Waals surface area contributed by atoms with Gasteiger partial charge in [-0.05, 0) is 35.7 Å². The second kappa shape index (κ2) is 10.4. The standard InChI is InChI=1S/C23H29N3O4/c1-16(28)22(19-6-8-20(9-7-19)23(29)25-21(24)15-27)18-4-2-17(3-5-18)14-26-10-12-30-13-11-26/h2-9,21-22,27H,10-15,24H2,1H3,(H,25,29). The van der Waals surface area contributed by atoms with Gasteiger partial charge in [0.2, 0.25) is 0 Å². The number of carbonyl (C=O) groups excluding carboxylic acids is 2. The zero-order chi connectivity index (χ0) is 21.5. The van der Waals surface area contributed by atoms with Crippen molar-refractivity contribution in [2.24, 2.45) is 5.73 Å². The minimum absolute atomic E-state index is 0.0374. The van der Waals surface area contributed by atoms with Crippen molar-refractivity contribution in [1.29, 1.82) is 0 Å². The topological polar surface area (TPSA) is 105 Å². The van der Waals surface area contributed by atoms with Crippen LogP contribution in [0, 0.1) is 0 Å². The van der Waals surface area contributed by atoms with Crippen molar-refractivity contribution in [1.82, 2.24) is 10.2 Å². The first kappa shape index (κ1) is 22.1. The van der Waals surface area contributed by atoms with Crippen LogP contribution < -0.4 is 11.1 Å². The number of carbonyl (C=O) groups is 2. The lowest BCUT2D eigenvalue weighted by molar-refractivity contribution is -0.117. The summed E-state index contributed by atoms with van der Waals surface area (Å²) in [6.45, 7) is 5.51. The van der Waals surface area contributed by atoms with Crippen molar-refractivity contribution in [2.45, 2.75) is 25.6 Å². The molecule has 0 spiro atoms. The molecule has 4 N–H and O–H groups in total. The maximum atomic E-state index is 12.4. The third-order valence-electron chi connectivity index (χ3n) is 5.25. The van der Waals surface area contributed by atoms with Crippen LogP contribution >= 0.6 is 0 Å². The van der Waals surface area contributed by atoms with E-state index in [1.807, 2.05) is 12.1 Å². The van der Waals surface area contributed by atoms with Crippen LogP contribution in [0.3, 0.4) is 0 Å². The normalized spacial score (nSPS) is 16.6. The predicted octanol–water partition coefficient (Wildman–Crippen LogP) is 1.25. The molecule has 0 aliphatic carbocycles. The molecule has 1 fully saturated rings. The number of hydrogen-bond donors (Lipinski definition) is 3. The van der Waals surface area contributed by atoms with Gasteiger partial charge in [0.1, 0.15) is 11.9 Å². The number of aliphatic hydroxyl groups is 1. The third kappa shape index (κ3) is 5.73. The first-order valence-corrected chi connectivity index (χ1v) is 10.1. The molecule has 7 heteroatoms. The lowest BCUT2D eigenvalue weighted by atomic mass is 9.87. The van der Waals surface area contributed by atoms with E-state index in [0.717, 1.165) is 44.0 Å². The second-order valence-electron chi connectivity index (χ2n) is 7.56. The zero-order valence-corrected chi connectivity index (χ0v) is 17.2. The van der Waals surface area contributed by atoms with E-state index in [2.05, 4.69) is 22.3 Å². The van der Waals surface area contributed by atoms with Crippen LogP contribution in [0.4, 0.5) is 0 Å². The van der Waals surface area contributed by atoms with Crippen LogP contribution in [-0.2, 0) is 16.1 Å². The quantitative estimate of drug-likeness (QED) is 0.565. The van der Waals surface area contributed by atoms with Gasteiger partial charge in [0.05, 0.1) is 25.7 Å². The van der Waals surface area contributed by atoms with Crippen molar-refractivity contribution < 1.29 is 19.4 Å². The van der Waals surface area contributed by atoms with E-state index in [9.17, 15) is 9.59 Å². The van der Waals surface area contributed by atoms with E-state index in [0.29, 0.717) is 5.56 Å². The van der Waals surface area contributed by atoms with Gasteiger partial charge in [-0.25, -0.2) is 0 Å². The molecule has 1 aliphatic heterocycles. The SMILES string of the molecule is CC(=O)C(c1ccc(CN2CCOCC2)cc1)c1ccc(C(=O)NC(N)CO)cc1. The number of hydrogen-bond acceptors (Lipinski definition) is 6. The number of ether oxygens (including phenoxy) is 1. The summed E-state index contributed by atoms with van der Waals surface area (Å²) < 4.78 is 5.39. The Morgan fingerprint density at radius 1 is 1.07 bits per heavy atom. The summed E-state index contributed by atoms with van der Waals surface area (Å²) in [5.41, 5.74) is 8.92. The van der Waals surface area contributed by atoms with Gasteiger partial charge in [-0.1, -0.05) is 36.4 Å². The minimum atomic E-state index is -0.807. The highest BCUT2D eigenvalue weighted by Gasteiger charge is 2.20. The van der Waals surface area contributed by atoms with Gasteiger partial charge in [-0.3, -0.25) is 14.5 Å². The molecular formula is C23H29N3O4. The molecule has 1 amide bonds. The Balaban J connectivity index is 1.72. The first-order valence-electron chi connectivity index (χ1n) is 10.1. The number of aliphatic hydroxyl groups excluding tert-OH is 1. The van der Waals surface area contributed by atoms with Gasteiger partial charge in [0.25, 0.3) is 5.91 Å². The van der Waals surface area contributed by atoms with Crippen LogP contribution in [0.5, 0.6) is 0 Å². The summed E-state index contributed by atoms with van der Waals surface area (Å²) in [7, 11) is 0. The van der Waals surface area contributed by atoms with Crippen LogP contribution in [0.1, 0.15) is 39.9 Å². The molecule has 160 valence electrons. The van der Waals surface area contributed by atoms with Crippen molar-refractivity contribution in [2.75, 3.05) is 32.9 Å². The summed E-state index contributed by atoms with van der Waals surface area (Å²) in [4.78, 5) is 26.9. The molecular weight excluding hydrogens is 382 g/mol. The Kier molecular flexibility index (Phi) is 7.70. The highest BCUT2D eigenvalue weighted by molar-refractivity contribution is 5.94. The molecule has 0 saturated carbocycles. The summed E-state index contributed by atoms with van der Waals surface area (Å²) in [6, 6.07) is 15.0. The van der Waals surface area contributed by atoms with E-state index < -0.39 is 6.17 Å². The highest BCUT2D eigenvalue weighted by Crippen LogP contribution is 2.26. The molecule has 1 heterocycles. The summed E-state index contributed by atoms with van der Waals surface area (Å²) in [6.07, 6.45) is -0.807. The van der Waals surface area contributed by atoms with Gasteiger partial charge in [-0.15, -0.1) is 0 Å². The number of benzene rings is 2. The average Bonchev–Trinajstić information content (AvgIpc) is 2.76. The largest absolute Gasteiger partial charge is 0.393 e. The molecule has 0 bridgehead atoms. The van der Waals surface area contributed by atoms with E-state index in [1.54, 1.807) is 31.2 Å². The van der Waals surface area contributed by atoms with E-state index in [-0.39, 0.29) is 24.2 Å². The molecule has 2 aromatic carbocycles. The fraction of sp³-hybridized carbons (Fsp3) is 0.391. The van der Waals surface area contributed by atoms with E-state index in [4.69, 9.17) is 15.6 Å². The number of nitrogens with zero attached hydrogens (tertiary/aromatic N) is 1. The lowest BCUT2D eigenvalue weighted by Gasteiger charge is -2.26. The van der Waals surface area contributed by atoms with Crippen LogP contribution in [0.2, 0.25) is 0 Å². The third-order valence-corrected chi connectivity index (χ3v) is 5.25. The Hall–Kier alpha value is -2.58. The average molecular weight is 412 g/mol. The summed E-state index contributed by atoms with van der Waals surface area (Å²) >= 11 is 0. The molecule has 1 saturated heterocycles. The van der Waals surface area contributed by atoms with Crippen molar-refractivity contribution in [3.05, 3.63) is 70.8 Å². The molecule has 3 rings (SSSR count). The number of amides is 1. The molecule has 0 aromatic heterocycles. The number of ketones is 1. The van der Waals surface area contributed by atoms with Gasteiger partial charge >= 0.3 is 0 Å². The molecule has 30 heavy (non-hydrogen) atoms. The number of nitrogens with two attached hydrogens (primary N) is 1. The van der Waals surface area contributed by atoms with Gasteiger partial charge in [0, 0.05) is 25.2 Å². The first-order chi connectivity index (χ1) is 14.5. The second-order valence-corrected chi connectivity index (χ2v) is 7.56. The Morgan fingerprint density at radius 2 is 1.63 bits per heavy atom. The Labute approximate surface area is 176 Å². The number of Topliss-reactive ketones (excluding diaryl/α,β-unsaturated/α-hetero) is 1. The molecule has 2 atom stereocenters. The Morgan fingerprint density at radius 3 is 2.17 bits per heavy atom. The molecule has 1 aliphatic rings. The highest BCUT2D eigenvalue weighted by atomic mass is 16.5. The fourth-order valence-corrected chi connectivity index (χ4v) is 3.62. The smallest absolute Gasteiger partial charge is 0.252 e. The fourth-order valence-electron chi connectivity index (χ4n) is 3.62. The van der Waals surface area contributed by atoms with E-state index in [1.165, 1.54) is 5.56 Å². The van der Waals surface area contributed by atoms with Gasteiger partial charge in [0.15, 0.2) is 0 Å². The summed E-state index contributed by atoms with van der Waals surface area (Å²) in [5.74, 6) is -0.718. The summed E-state index contributed by atoms with van der Waals surface area (Å²) in [5, 5.41) is 11.5. The number of morpholine rings is 1. The zero-order valence-electron chi connectivity index (χ0n) is 17.2. The van der Waals surface area contributed by atoms with E-state index >= 15 is 0 Å². The van der Waals surface area contributed by atoms with Crippen LogP contribution in [0.15, 0.2) is 48.5 Å². The van der Waals surface area contributed by atoms with Crippen LogP contribution in [0.25, 0.3) is 0 Å². The maximum Gasteiger partial charge on any atom is 0.252 e.